The van der Waals surface area contributed by atoms with Gasteiger partial charge in [-0.3, -0.25) is 0 Å². The van der Waals surface area contributed by atoms with Crippen molar-refractivity contribution in [2.75, 3.05) is 18.1 Å². The van der Waals surface area contributed by atoms with E-state index >= 15 is 0 Å². The highest BCUT2D eigenvalue weighted by Gasteiger charge is 2.23. The van der Waals surface area contributed by atoms with Gasteiger partial charge in [0.05, 0.1) is 24.3 Å². The highest BCUT2D eigenvalue weighted by atomic mass is 16.3. The molecule has 0 bridgehead atoms. The monoisotopic (exact) mass is 266 g/mol. The van der Waals surface area contributed by atoms with Gasteiger partial charge in [0.15, 0.2) is 0 Å². The van der Waals surface area contributed by atoms with Gasteiger partial charge < -0.3 is 10.0 Å². The minimum absolute atomic E-state index is 0.189. The molecule has 1 atom stereocenters. The molecule has 0 aromatic heterocycles. The van der Waals surface area contributed by atoms with Crippen LogP contribution in [0.5, 0.6) is 0 Å². The van der Waals surface area contributed by atoms with Crippen LogP contribution in [0, 0.1) is 11.3 Å². The van der Waals surface area contributed by atoms with E-state index < -0.39 is 0 Å². The fraction of sp³-hybridized carbons (Fsp3) is 0.353. The van der Waals surface area contributed by atoms with Crippen molar-refractivity contribution >= 4 is 16.5 Å². The SMILES string of the molecule is N#Cc1ccc(N2CCCCC2CO)c2ccccc12. The van der Waals surface area contributed by atoms with Crippen molar-refractivity contribution in [3.8, 4) is 6.07 Å². The van der Waals surface area contributed by atoms with Gasteiger partial charge in [-0.1, -0.05) is 24.3 Å². The van der Waals surface area contributed by atoms with E-state index in [4.69, 9.17) is 0 Å². The van der Waals surface area contributed by atoms with Crippen molar-refractivity contribution in [2.45, 2.75) is 25.3 Å². The Morgan fingerprint density at radius 2 is 1.95 bits per heavy atom. The first kappa shape index (κ1) is 13.0. The number of nitriles is 1. The molecule has 0 amide bonds. The average molecular weight is 266 g/mol. The molecule has 2 aromatic rings. The minimum atomic E-state index is 0.189. The maximum Gasteiger partial charge on any atom is 0.0998 e. The Labute approximate surface area is 119 Å². The summed E-state index contributed by atoms with van der Waals surface area (Å²) in [5.41, 5.74) is 1.85. The topological polar surface area (TPSA) is 47.3 Å². The maximum atomic E-state index is 9.60. The predicted octanol–water partition coefficient (Wildman–Crippen LogP) is 3.06. The number of rotatable bonds is 2. The van der Waals surface area contributed by atoms with Gasteiger partial charge in [-0.25, -0.2) is 0 Å². The second-order valence-corrected chi connectivity index (χ2v) is 5.32. The third kappa shape index (κ3) is 2.13. The standard InChI is InChI=1S/C17H18N2O/c18-11-13-8-9-17(16-7-2-1-6-15(13)16)19-10-4-3-5-14(19)12-20/h1-2,6-9,14,20H,3-5,10,12H2. The van der Waals surface area contributed by atoms with Gasteiger partial charge >= 0.3 is 0 Å². The van der Waals surface area contributed by atoms with Crippen LogP contribution in [0.3, 0.4) is 0 Å². The first-order valence-corrected chi connectivity index (χ1v) is 7.14. The van der Waals surface area contributed by atoms with Crippen molar-refractivity contribution in [2.24, 2.45) is 0 Å². The summed E-state index contributed by atoms with van der Waals surface area (Å²) in [6.07, 6.45) is 3.37. The Morgan fingerprint density at radius 1 is 1.15 bits per heavy atom. The Hall–Kier alpha value is -2.05. The van der Waals surface area contributed by atoms with Crippen molar-refractivity contribution in [3.63, 3.8) is 0 Å². The van der Waals surface area contributed by atoms with Gasteiger partial charge in [0.2, 0.25) is 0 Å². The molecule has 1 saturated heterocycles. The number of hydrogen-bond acceptors (Lipinski definition) is 3. The minimum Gasteiger partial charge on any atom is -0.394 e. The van der Waals surface area contributed by atoms with Crippen LogP contribution in [-0.2, 0) is 0 Å². The number of aliphatic hydroxyl groups excluding tert-OH is 1. The van der Waals surface area contributed by atoms with Crippen LogP contribution in [0.4, 0.5) is 5.69 Å². The summed E-state index contributed by atoms with van der Waals surface area (Å²) in [6.45, 7) is 1.16. The smallest absolute Gasteiger partial charge is 0.0998 e. The summed E-state index contributed by atoms with van der Waals surface area (Å²) < 4.78 is 0. The summed E-state index contributed by atoms with van der Waals surface area (Å²) in [6, 6.07) is 14.4. The Bertz CT molecular complexity index is 660. The lowest BCUT2D eigenvalue weighted by atomic mass is 9.98. The van der Waals surface area contributed by atoms with E-state index in [-0.39, 0.29) is 12.6 Å². The van der Waals surface area contributed by atoms with Crippen molar-refractivity contribution in [1.29, 1.82) is 5.26 Å². The average Bonchev–Trinajstić information content (AvgIpc) is 2.53. The third-order valence-electron chi connectivity index (χ3n) is 4.17. The fourth-order valence-electron chi connectivity index (χ4n) is 3.14. The molecule has 0 saturated carbocycles. The molecule has 1 fully saturated rings. The molecular weight excluding hydrogens is 248 g/mol. The zero-order valence-corrected chi connectivity index (χ0v) is 11.4. The molecule has 1 aliphatic rings. The molecule has 0 radical (unpaired) electrons. The molecule has 3 rings (SSSR count). The zero-order chi connectivity index (χ0) is 13.9. The molecule has 0 aliphatic carbocycles. The van der Waals surface area contributed by atoms with Crippen LogP contribution in [0.1, 0.15) is 24.8 Å². The molecular formula is C17H18N2O. The second kappa shape index (κ2) is 5.52. The highest BCUT2D eigenvalue weighted by molar-refractivity contribution is 5.98. The lowest BCUT2D eigenvalue weighted by Crippen LogP contribution is -2.42. The Morgan fingerprint density at radius 3 is 2.70 bits per heavy atom. The van der Waals surface area contributed by atoms with E-state index in [2.05, 4.69) is 17.0 Å². The Balaban J connectivity index is 2.14. The molecule has 1 aliphatic heterocycles. The molecule has 1 N–H and O–H groups in total. The number of nitrogens with zero attached hydrogens (tertiary/aromatic N) is 2. The van der Waals surface area contributed by atoms with Crippen LogP contribution in [-0.4, -0.2) is 24.3 Å². The maximum absolute atomic E-state index is 9.60. The Kier molecular flexibility index (Phi) is 3.58. The fourth-order valence-corrected chi connectivity index (χ4v) is 3.14. The molecule has 1 unspecified atom stereocenters. The van der Waals surface area contributed by atoms with Gasteiger partial charge in [0.1, 0.15) is 0 Å². The zero-order valence-electron chi connectivity index (χ0n) is 11.4. The van der Waals surface area contributed by atoms with E-state index in [1.165, 1.54) is 6.42 Å². The van der Waals surface area contributed by atoms with Crippen molar-refractivity contribution < 1.29 is 5.11 Å². The van der Waals surface area contributed by atoms with Crippen LogP contribution < -0.4 is 4.90 Å². The van der Waals surface area contributed by atoms with Gasteiger partial charge in [0.25, 0.3) is 0 Å². The highest BCUT2D eigenvalue weighted by Crippen LogP contribution is 2.33. The molecule has 3 nitrogen and oxygen atoms in total. The van der Waals surface area contributed by atoms with Crippen LogP contribution in [0.15, 0.2) is 36.4 Å². The molecule has 0 spiro atoms. The summed E-state index contributed by atoms with van der Waals surface area (Å²) in [5, 5.41) is 20.9. The second-order valence-electron chi connectivity index (χ2n) is 5.32. The van der Waals surface area contributed by atoms with Crippen molar-refractivity contribution in [1.82, 2.24) is 0 Å². The van der Waals surface area contributed by atoms with Crippen molar-refractivity contribution in [3.05, 3.63) is 42.0 Å². The number of piperidine rings is 1. The van der Waals surface area contributed by atoms with Crippen LogP contribution in [0.2, 0.25) is 0 Å². The summed E-state index contributed by atoms with van der Waals surface area (Å²) >= 11 is 0. The number of benzene rings is 2. The van der Waals surface area contributed by atoms with Gasteiger partial charge in [-0.15, -0.1) is 0 Å². The number of fused-ring (bicyclic) bond motifs is 1. The van der Waals surface area contributed by atoms with E-state index in [0.717, 1.165) is 35.8 Å². The van der Waals surface area contributed by atoms with E-state index in [1.807, 2.05) is 30.3 Å². The van der Waals surface area contributed by atoms with Gasteiger partial charge in [-0.2, -0.15) is 5.26 Å². The summed E-state index contributed by atoms with van der Waals surface area (Å²) in [7, 11) is 0. The number of aliphatic hydroxyl groups is 1. The molecule has 102 valence electrons. The largest absolute Gasteiger partial charge is 0.394 e. The van der Waals surface area contributed by atoms with Gasteiger partial charge in [-0.05, 0) is 31.4 Å². The van der Waals surface area contributed by atoms with Crippen LogP contribution >= 0.6 is 0 Å². The lowest BCUT2D eigenvalue weighted by Gasteiger charge is -2.37. The summed E-state index contributed by atoms with van der Waals surface area (Å²) in [4.78, 5) is 2.30. The summed E-state index contributed by atoms with van der Waals surface area (Å²) in [5.74, 6) is 0. The molecule has 3 heteroatoms. The molecule has 1 heterocycles. The lowest BCUT2D eigenvalue weighted by molar-refractivity contribution is 0.240. The predicted molar refractivity (Wildman–Crippen MR) is 80.7 cm³/mol. The molecule has 2 aromatic carbocycles. The molecule has 20 heavy (non-hydrogen) atoms. The normalized spacial score (nSPS) is 19.0. The van der Waals surface area contributed by atoms with E-state index in [0.29, 0.717) is 5.56 Å². The van der Waals surface area contributed by atoms with E-state index in [1.54, 1.807) is 0 Å². The number of hydrogen-bond donors (Lipinski definition) is 1. The quantitative estimate of drug-likeness (QED) is 0.908. The van der Waals surface area contributed by atoms with Crippen LogP contribution in [0.25, 0.3) is 10.8 Å². The van der Waals surface area contributed by atoms with E-state index in [9.17, 15) is 10.4 Å². The first-order chi connectivity index (χ1) is 9.85. The number of anilines is 1. The first-order valence-electron chi connectivity index (χ1n) is 7.14. The van der Waals surface area contributed by atoms with Gasteiger partial charge in [0, 0.05) is 23.0 Å². The third-order valence-corrected chi connectivity index (χ3v) is 4.17.